The summed E-state index contributed by atoms with van der Waals surface area (Å²) in [5, 5.41) is 0. The molecule has 2 aromatic rings. The molecule has 0 saturated heterocycles. The Labute approximate surface area is 102 Å². The average molecular weight is 225 g/mol. The third kappa shape index (κ3) is 2.72. The first-order chi connectivity index (χ1) is 8.31. The number of para-hydroxylation sites is 1. The van der Waals surface area contributed by atoms with Crippen LogP contribution in [0.5, 0.6) is 5.75 Å². The van der Waals surface area contributed by atoms with Gasteiger partial charge in [-0.05, 0) is 30.2 Å². The number of aromatic nitrogens is 1. The highest BCUT2D eigenvalue weighted by Crippen LogP contribution is 2.20. The van der Waals surface area contributed by atoms with Gasteiger partial charge >= 0.3 is 0 Å². The largest absolute Gasteiger partial charge is 0.496 e. The van der Waals surface area contributed by atoms with Crippen LogP contribution in [0.1, 0.15) is 16.7 Å². The van der Waals surface area contributed by atoms with E-state index in [9.17, 15) is 0 Å². The van der Waals surface area contributed by atoms with Gasteiger partial charge in [0.25, 0.3) is 0 Å². The fraction of sp³-hybridized carbons (Fsp3) is 0.133. The predicted octanol–water partition coefficient (Wildman–Crippen LogP) is 3.57. The summed E-state index contributed by atoms with van der Waals surface area (Å²) in [5.41, 5.74) is 3.41. The van der Waals surface area contributed by atoms with Gasteiger partial charge in [0.05, 0.1) is 7.11 Å². The second-order valence-electron chi connectivity index (χ2n) is 3.81. The lowest BCUT2D eigenvalue weighted by atomic mass is 10.1. The Hall–Kier alpha value is -2.09. The molecule has 0 bridgehead atoms. The Balaban J connectivity index is 2.29. The highest BCUT2D eigenvalue weighted by atomic mass is 16.5. The van der Waals surface area contributed by atoms with Gasteiger partial charge in [0, 0.05) is 18.0 Å². The van der Waals surface area contributed by atoms with Gasteiger partial charge in [0.1, 0.15) is 5.75 Å². The number of methoxy groups -OCH3 is 1. The van der Waals surface area contributed by atoms with Crippen LogP contribution in [-0.2, 0) is 0 Å². The highest BCUT2D eigenvalue weighted by molar-refractivity contribution is 5.73. The van der Waals surface area contributed by atoms with E-state index in [-0.39, 0.29) is 0 Å². The maximum absolute atomic E-state index is 5.30. The first-order valence-corrected chi connectivity index (χ1v) is 5.53. The van der Waals surface area contributed by atoms with Crippen LogP contribution in [0.4, 0.5) is 0 Å². The molecule has 0 atom stereocenters. The molecule has 0 radical (unpaired) electrons. The van der Waals surface area contributed by atoms with Crippen molar-refractivity contribution in [2.75, 3.05) is 7.11 Å². The van der Waals surface area contributed by atoms with E-state index in [2.05, 4.69) is 24.1 Å². The molecule has 1 heterocycles. The molecule has 2 rings (SSSR count). The summed E-state index contributed by atoms with van der Waals surface area (Å²) in [5.74, 6) is 0.885. The van der Waals surface area contributed by atoms with Crippen molar-refractivity contribution in [3.63, 3.8) is 0 Å². The lowest BCUT2D eigenvalue weighted by molar-refractivity contribution is 0.414. The van der Waals surface area contributed by atoms with Crippen molar-refractivity contribution < 1.29 is 4.74 Å². The second kappa shape index (κ2) is 5.30. The number of rotatable bonds is 3. The second-order valence-corrected chi connectivity index (χ2v) is 3.81. The van der Waals surface area contributed by atoms with Gasteiger partial charge < -0.3 is 4.74 Å². The summed E-state index contributed by atoms with van der Waals surface area (Å²) < 4.78 is 5.30. The molecule has 0 unspecified atom stereocenters. The van der Waals surface area contributed by atoms with Crippen molar-refractivity contribution in [3.8, 4) is 5.75 Å². The minimum atomic E-state index is 0.885. The van der Waals surface area contributed by atoms with Crippen molar-refractivity contribution in [2.24, 2.45) is 0 Å². The molecule has 0 amide bonds. The van der Waals surface area contributed by atoms with Crippen molar-refractivity contribution >= 4 is 12.2 Å². The Morgan fingerprint density at radius 1 is 1.06 bits per heavy atom. The topological polar surface area (TPSA) is 22.1 Å². The Morgan fingerprint density at radius 2 is 1.82 bits per heavy atom. The summed E-state index contributed by atoms with van der Waals surface area (Å²) in [6, 6.07) is 9.96. The van der Waals surface area contributed by atoms with E-state index >= 15 is 0 Å². The summed E-state index contributed by atoms with van der Waals surface area (Å²) in [7, 11) is 1.68. The van der Waals surface area contributed by atoms with Crippen LogP contribution in [0.25, 0.3) is 12.2 Å². The highest BCUT2D eigenvalue weighted by Gasteiger charge is 1.97. The van der Waals surface area contributed by atoms with E-state index < -0.39 is 0 Å². The van der Waals surface area contributed by atoms with E-state index in [1.807, 2.05) is 36.5 Å². The van der Waals surface area contributed by atoms with Crippen LogP contribution in [0, 0.1) is 6.92 Å². The number of aryl methyl sites for hydroxylation is 1. The molecule has 0 aliphatic heterocycles. The zero-order chi connectivity index (χ0) is 12.1. The van der Waals surface area contributed by atoms with E-state index in [1.165, 1.54) is 11.1 Å². The molecule has 2 nitrogen and oxygen atoms in total. The maximum Gasteiger partial charge on any atom is 0.126 e. The van der Waals surface area contributed by atoms with Crippen LogP contribution in [0.2, 0.25) is 0 Å². The van der Waals surface area contributed by atoms with Crippen LogP contribution in [0.3, 0.4) is 0 Å². The lowest BCUT2D eigenvalue weighted by Gasteiger charge is -2.03. The summed E-state index contributed by atoms with van der Waals surface area (Å²) in [4.78, 5) is 4.08. The Morgan fingerprint density at radius 3 is 2.59 bits per heavy atom. The van der Waals surface area contributed by atoms with Crippen molar-refractivity contribution in [2.45, 2.75) is 6.92 Å². The number of hydrogen-bond acceptors (Lipinski definition) is 2. The van der Waals surface area contributed by atoms with Gasteiger partial charge in [0.15, 0.2) is 0 Å². The minimum absolute atomic E-state index is 0.885. The Kier molecular flexibility index (Phi) is 3.55. The first kappa shape index (κ1) is 11.4. The van der Waals surface area contributed by atoms with Gasteiger partial charge in [-0.3, -0.25) is 4.98 Å². The van der Waals surface area contributed by atoms with Gasteiger partial charge in [0.2, 0.25) is 0 Å². The molecule has 0 saturated carbocycles. The number of benzene rings is 1. The fourth-order valence-electron chi connectivity index (χ4n) is 1.65. The number of hydrogen-bond donors (Lipinski definition) is 0. The van der Waals surface area contributed by atoms with E-state index in [0.717, 1.165) is 11.3 Å². The molecule has 86 valence electrons. The van der Waals surface area contributed by atoms with E-state index in [1.54, 1.807) is 13.3 Å². The molecule has 0 spiro atoms. The van der Waals surface area contributed by atoms with Gasteiger partial charge in [-0.2, -0.15) is 0 Å². The third-order valence-electron chi connectivity index (χ3n) is 2.65. The molecule has 0 N–H and O–H groups in total. The zero-order valence-electron chi connectivity index (χ0n) is 10.1. The first-order valence-electron chi connectivity index (χ1n) is 5.53. The lowest BCUT2D eigenvalue weighted by Crippen LogP contribution is -1.86. The SMILES string of the molecule is COc1ccccc1C=Cc1ccncc1C. The van der Waals surface area contributed by atoms with Crippen LogP contribution < -0.4 is 4.74 Å². The monoisotopic (exact) mass is 225 g/mol. The van der Waals surface area contributed by atoms with Crippen molar-refractivity contribution in [1.29, 1.82) is 0 Å². The zero-order valence-corrected chi connectivity index (χ0v) is 10.1. The molecule has 0 fully saturated rings. The standard InChI is InChI=1S/C15H15NO/c1-12-11-16-10-9-13(12)7-8-14-5-3-4-6-15(14)17-2/h3-11H,1-2H3. The fourth-order valence-corrected chi connectivity index (χ4v) is 1.65. The normalized spacial score (nSPS) is 10.7. The molecule has 0 aliphatic carbocycles. The number of pyridine rings is 1. The van der Waals surface area contributed by atoms with Gasteiger partial charge in [-0.25, -0.2) is 0 Å². The molecular weight excluding hydrogens is 210 g/mol. The van der Waals surface area contributed by atoms with Crippen molar-refractivity contribution in [1.82, 2.24) is 4.98 Å². The molecule has 17 heavy (non-hydrogen) atoms. The molecule has 0 aliphatic rings. The van der Waals surface area contributed by atoms with Gasteiger partial charge in [-0.1, -0.05) is 30.4 Å². The smallest absolute Gasteiger partial charge is 0.126 e. The summed E-state index contributed by atoms with van der Waals surface area (Å²) in [6.45, 7) is 2.05. The maximum atomic E-state index is 5.30. The van der Waals surface area contributed by atoms with E-state index in [4.69, 9.17) is 4.74 Å². The molecule has 1 aromatic heterocycles. The molecular formula is C15H15NO. The quantitative estimate of drug-likeness (QED) is 0.796. The summed E-state index contributed by atoms with van der Waals surface area (Å²) >= 11 is 0. The van der Waals surface area contributed by atoms with Crippen molar-refractivity contribution in [3.05, 3.63) is 59.4 Å². The number of ether oxygens (including phenoxy) is 1. The molecule has 2 heteroatoms. The van der Waals surface area contributed by atoms with Gasteiger partial charge in [-0.15, -0.1) is 0 Å². The average Bonchev–Trinajstić information content (AvgIpc) is 2.38. The van der Waals surface area contributed by atoms with Crippen LogP contribution >= 0.6 is 0 Å². The minimum Gasteiger partial charge on any atom is -0.496 e. The third-order valence-corrected chi connectivity index (χ3v) is 2.65. The van der Waals surface area contributed by atoms with Crippen LogP contribution in [0.15, 0.2) is 42.7 Å². The number of nitrogens with zero attached hydrogens (tertiary/aromatic N) is 1. The predicted molar refractivity (Wildman–Crippen MR) is 70.9 cm³/mol. The van der Waals surface area contributed by atoms with E-state index in [0.29, 0.717) is 0 Å². The summed E-state index contributed by atoms with van der Waals surface area (Å²) in [6.07, 6.45) is 7.80. The molecule has 1 aromatic carbocycles. The Bertz CT molecular complexity index is 532. The van der Waals surface area contributed by atoms with Crippen LogP contribution in [-0.4, -0.2) is 12.1 Å².